The molecule has 102 valence electrons. The fraction of sp³-hybridized carbons (Fsp3) is 0.750. The van der Waals surface area contributed by atoms with E-state index in [1.54, 1.807) is 0 Å². The fourth-order valence-corrected chi connectivity index (χ4v) is 2.28. The Balaban J connectivity index is 2.76. The number of hydrogen-bond donors (Lipinski definition) is 2. The van der Waals surface area contributed by atoms with Crippen LogP contribution >= 0.6 is 11.3 Å². The third kappa shape index (κ3) is 4.25. The lowest BCUT2D eigenvalue weighted by Crippen LogP contribution is -2.30. The number of nitrogens with one attached hydrogen (secondary N) is 1. The molecule has 0 spiro atoms. The van der Waals surface area contributed by atoms with E-state index in [2.05, 4.69) is 36.3 Å². The second kappa shape index (κ2) is 5.65. The molecular weight excluding hydrogens is 250 g/mol. The van der Waals surface area contributed by atoms with Crippen molar-refractivity contribution in [2.75, 3.05) is 5.32 Å². The van der Waals surface area contributed by atoms with Crippen LogP contribution in [0.15, 0.2) is 0 Å². The van der Waals surface area contributed by atoms with Crippen LogP contribution in [0.5, 0.6) is 0 Å². The predicted molar refractivity (Wildman–Crippen MR) is 73.1 cm³/mol. The van der Waals surface area contributed by atoms with Crippen LogP contribution in [0, 0.1) is 5.92 Å². The van der Waals surface area contributed by atoms with Crippen molar-refractivity contribution in [3.8, 4) is 0 Å². The summed E-state index contributed by atoms with van der Waals surface area (Å²) >= 11 is 1.42. The van der Waals surface area contributed by atoms with Crippen molar-refractivity contribution in [3.63, 3.8) is 0 Å². The van der Waals surface area contributed by atoms with Crippen molar-refractivity contribution in [1.29, 1.82) is 0 Å². The van der Waals surface area contributed by atoms with Crippen molar-refractivity contribution in [2.24, 2.45) is 5.92 Å². The predicted octanol–water partition coefficient (Wildman–Crippen LogP) is 2.75. The van der Waals surface area contributed by atoms with Crippen molar-refractivity contribution in [2.45, 2.75) is 52.5 Å². The van der Waals surface area contributed by atoms with E-state index in [1.807, 2.05) is 13.8 Å². The fourth-order valence-electron chi connectivity index (χ4n) is 1.43. The number of carboxylic acid groups (broad SMARTS) is 1. The Morgan fingerprint density at radius 3 is 2.39 bits per heavy atom. The van der Waals surface area contributed by atoms with Crippen LogP contribution in [0.3, 0.4) is 0 Å². The van der Waals surface area contributed by atoms with Crippen molar-refractivity contribution in [3.05, 3.63) is 5.01 Å². The normalized spacial score (nSPS) is 13.7. The van der Waals surface area contributed by atoms with E-state index < -0.39 is 12.0 Å². The van der Waals surface area contributed by atoms with Gasteiger partial charge in [-0.3, -0.25) is 0 Å². The summed E-state index contributed by atoms with van der Waals surface area (Å²) in [4.78, 5) is 11.1. The van der Waals surface area contributed by atoms with Gasteiger partial charge in [0.2, 0.25) is 5.13 Å². The third-order valence-corrected chi connectivity index (χ3v) is 3.65. The first kappa shape index (κ1) is 14.9. The monoisotopic (exact) mass is 271 g/mol. The lowest BCUT2D eigenvalue weighted by molar-refractivity contribution is -0.138. The first-order valence-electron chi connectivity index (χ1n) is 6.03. The number of nitrogens with zero attached hydrogens (tertiary/aromatic N) is 2. The molecule has 0 aliphatic heterocycles. The van der Waals surface area contributed by atoms with Gasteiger partial charge in [-0.1, -0.05) is 46.0 Å². The third-order valence-electron chi connectivity index (χ3n) is 2.37. The van der Waals surface area contributed by atoms with Crippen LogP contribution in [0.1, 0.15) is 46.0 Å². The summed E-state index contributed by atoms with van der Waals surface area (Å²) in [6.07, 6.45) is 0.569. The number of carboxylic acids is 1. The maximum Gasteiger partial charge on any atom is 0.326 e. The minimum atomic E-state index is -0.851. The molecule has 1 atom stereocenters. The molecule has 0 unspecified atom stereocenters. The zero-order chi connectivity index (χ0) is 13.9. The number of anilines is 1. The van der Waals surface area contributed by atoms with Crippen LogP contribution in [-0.2, 0) is 10.2 Å². The first-order chi connectivity index (χ1) is 8.20. The molecule has 1 aromatic rings. The van der Waals surface area contributed by atoms with Gasteiger partial charge in [0.15, 0.2) is 0 Å². The lowest BCUT2D eigenvalue weighted by atomic mass is 9.98. The average molecular weight is 271 g/mol. The van der Waals surface area contributed by atoms with Gasteiger partial charge in [-0.05, 0) is 12.3 Å². The largest absolute Gasteiger partial charge is 0.480 e. The van der Waals surface area contributed by atoms with Crippen LogP contribution in [-0.4, -0.2) is 27.3 Å². The summed E-state index contributed by atoms with van der Waals surface area (Å²) in [5, 5.41) is 21.7. The van der Waals surface area contributed by atoms with Gasteiger partial charge in [-0.2, -0.15) is 0 Å². The second-order valence-corrected chi connectivity index (χ2v) is 6.80. The highest BCUT2D eigenvalue weighted by Crippen LogP contribution is 2.28. The van der Waals surface area contributed by atoms with Gasteiger partial charge in [0.05, 0.1) is 0 Å². The van der Waals surface area contributed by atoms with E-state index in [0.29, 0.717) is 17.5 Å². The number of aliphatic carboxylic acids is 1. The minimum Gasteiger partial charge on any atom is -0.480 e. The maximum absolute atomic E-state index is 11.1. The molecule has 1 heterocycles. The van der Waals surface area contributed by atoms with E-state index in [1.165, 1.54) is 11.3 Å². The van der Waals surface area contributed by atoms with E-state index in [9.17, 15) is 4.79 Å². The molecule has 0 radical (unpaired) electrons. The van der Waals surface area contributed by atoms with Crippen molar-refractivity contribution < 1.29 is 9.90 Å². The van der Waals surface area contributed by atoms with Crippen LogP contribution in [0.25, 0.3) is 0 Å². The number of rotatable bonds is 5. The van der Waals surface area contributed by atoms with E-state index in [-0.39, 0.29) is 5.41 Å². The topological polar surface area (TPSA) is 75.1 Å². The summed E-state index contributed by atoms with van der Waals surface area (Å²) in [5.41, 5.74) is -0.0611. The summed E-state index contributed by atoms with van der Waals surface area (Å²) in [6, 6.07) is -0.606. The van der Waals surface area contributed by atoms with Gasteiger partial charge in [0.1, 0.15) is 11.0 Å². The Labute approximate surface area is 112 Å². The Hall–Kier alpha value is -1.17. The molecule has 0 aliphatic rings. The molecule has 2 N–H and O–H groups in total. The van der Waals surface area contributed by atoms with Crippen LogP contribution < -0.4 is 5.32 Å². The quantitative estimate of drug-likeness (QED) is 0.861. The van der Waals surface area contributed by atoms with Crippen LogP contribution in [0.2, 0.25) is 0 Å². The van der Waals surface area contributed by atoms with Gasteiger partial charge in [-0.15, -0.1) is 10.2 Å². The smallest absolute Gasteiger partial charge is 0.326 e. The molecule has 0 saturated heterocycles. The highest BCUT2D eigenvalue weighted by Gasteiger charge is 2.23. The van der Waals surface area contributed by atoms with Gasteiger partial charge >= 0.3 is 5.97 Å². The van der Waals surface area contributed by atoms with E-state index in [0.717, 1.165) is 5.01 Å². The molecule has 1 aromatic heterocycles. The SMILES string of the molecule is CC(C)C[C@H](Nc1nnc(C(C)(C)C)s1)C(=O)O. The van der Waals surface area contributed by atoms with Gasteiger partial charge in [0.25, 0.3) is 0 Å². The molecular formula is C12H21N3O2S. The molecule has 0 fully saturated rings. The first-order valence-corrected chi connectivity index (χ1v) is 6.85. The summed E-state index contributed by atoms with van der Waals surface area (Å²) < 4.78 is 0. The summed E-state index contributed by atoms with van der Waals surface area (Å²) in [7, 11) is 0. The molecule has 1 rings (SSSR count). The van der Waals surface area contributed by atoms with Crippen molar-refractivity contribution >= 4 is 22.4 Å². The standard InChI is InChI=1S/C12H21N3O2S/c1-7(2)6-8(9(16)17)13-11-15-14-10(18-11)12(3,4)5/h7-8H,6H2,1-5H3,(H,13,15)(H,16,17)/t8-/m0/s1. The van der Waals surface area contributed by atoms with Crippen molar-refractivity contribution in [1.82, 2.24) is 10.2 Å². The Bertz CT molecular complexity index is 410. The average Bonchev–Trinajstić information content (AvgIpc) is 2.63. The maximum atomic E-state index is 11.1. The molecule has 0 aliphatic carbocycles. The Morgan fingerprint density at radius 1 is 1.39 bits per heavy atom. The van der Waals surface area contributed by atoms with Gasteiger partial charge in [-0.25, -0.2) is 4.79 Å². The molecule has 0 saturated carbocycles. The second-order valence-electron chi connectivity index (χ2n) is 5.83. The highest BCUT2D eigenvalue weighted by atomic mass is 32.1. The number of aromatic nitrogens is 2. The van der Waals surface area contributed by atoms with Gasteiger partial charge in [0, 0.05) is 5.41 Å². The van der Waals surface area contributed by atoms with Crippen LogP contribution in [0.4, 0.5) is 5.13 Å². The minimum absolute atomic E-state index is 0.0611. The Kier molecular flexibility index (Phi) is 4.67. The molecule has 0 amide bonds. The molecule has 0 aromatic carbocycles. The highest BCUT2D eigenvalue weighted by molar-refractivity contribution is 7.15. The zero-order valence-corrected chi connectivity index (χ0v) is 12.3. The van der Waals surface area contributed by atoms with Gasteiger partial charge < -0.3 is 10.4 Å². The summed E-state index contributed by atoms with van der Waals surface area (Å²) in [6.45, 7) is 10.2. The number of hydrogen-bond acceptors (Lipinski definition) is 5. The lowest BCUT2D eigenvalue weighted by Gasteiger charge is -2.15. The number of carbonyl (C=O) groups is 1. The molecule has 0 bridgehead atoms. The van der Waals surface area contributed by atoms with E-state index >= 15 is 0 Å². The molecule has 6 heteroatoms. The van der Waals surface area contributed by atoms with E-state index in [4.69, 9.17) is 5.11 Å². The summed E-state index contributed by atoms with van der Waals surface area (Å²) in [5.74, 6) is -0.537. The molecule has 18 heavy (non-hydrogen) atoms. The zero-order valence-electron chi connectivity index (χ0n) is 11.5. The Morgan fingerprint density at radius 2 is 2.00 bits per heavy atom. The molecule has 5 nitrogen and oxygen atoms in total.